The monoisotopic (exact) mass is 486 g/mol. The van der Waals surface area contributed by atoms with Crippen molar-refractivity contribution < 1.29 is 9.47 Å². The van der Waals surface area contributed by atoms with Crippen molar-refractivity contribution >= 4 is 92.8 Å². The fourth-order valence-corrected chi connectivity index (χ4v) is 4.13. The first-order valence-electron chi connectivity index (χ1n) is 5.99. The number of ether oxygens (including phenoxy) is 2. The van der Waals surface area contributed by atoms with Crippen LogP contribution in [-0.2, 0) is 0 Å². The van der Waals surface area contributed by atoms with Gasteiger partial charge in [-0.1, -0.05) is 92.8 Å². The van der Waals surface area contributed by atoms with Crippen LogP contribution in [0.15, 0.2) is 0 Å². The van der Waals surface area contributed by atoms with Gasteiger partial charge in [0.1, 0.15) is 5.02 Å². The molecule has 0 aliphatic rings. The highest BCUT2D eigenvalue weighted by Crippen LogP contribution is 2.57. The standard InChI is InChI=1S/C14H6Cl8O2/c1-23-13-4(7(17)10(20)12(22)14(13)24-2)3-5(15)8(18)11(21)9(19)6(3)16/h1-2H3. The van der Waals surface area contributed by atoms with Crippen LogP contribution in [0, 0.1) is 0 Å². The Morgan fingerprint density at radius 1 is 0.417 bits per heavy atom. The molecule has 0 fully saturated rings. The van der Waals surface area contributed by atoms with Crippen LogP contribution in [0.5, 0.6) is 11.5 Å². The Bertz CT molecular complexity index is 806. The molecule has 0 saturated carbocycles. The summed E-state index contributed by atoms with van der Waals surface area (Å²) in [4.78, 5) is 0. The van der Waals surface area contributed by atoms with Gasteiger partial charge in [-0.05, 0) is 0 Å². The lowest BCUT2D eigenvalue weighted by Gasteiger charge is -2.20. The molecule has 24 heavy (non-hydrogen) atoms. The molecule has 0 aromatic heterocycles. The summed E-state index contributed by atoms with van der Waals surface area (Å²) in [6, 6.07) is 0. The highest BCUT2D eigenvalue weighted by Gasteiger charge is 2.29. The van der Waals surface area contributed by atoms with E-state index >= 15 is 0 Å². The lowest BCUT2D eigenvalue weighted by atomic mass is 10.0. The number of hydrogen-bond donors (Lipinski definition) is 0. The van der Waals surface area contributed by atoms with E-state index in [1.165, 1.54) is 14.2 Å². The maximum Gasteiger partial charge on any atom is 0.181 e. The lowest BCUT2D eigenvalue weighted by molar-refractivity contribution is 0.356. The van der Waals surface area contributed by atoms with Crippen molar-refractivity contribution in [1.82, 2.24) is 0 Å². The molecular weight excluding hydrogens is 484 g/mol. The van der Waals surface area contributed by atoms with E-state index < -0.39 is 0 Å². The molecule has 2 rings (SSSR count). The first-order chi connectivity index (χ1) is 11.2. The van der Waals surface area contributed by atoms with Gasteiger partial charge in [-0.3, -0.25) is 0 Å². The van der Waals surface area contributed by atoms with Crippen LogP contribution in [0.25, 0.3) is 11.1 Å². The Morgan fingerprint density at radius 2 is 0.750 bits per heavy atom. The minimum absolute atomic E-state index is 0.00546. The Hall–Kier alpha value is 0.360. The van der Waals surface area contributed by atoms with Gasteiger partial charge in [0.25, 0.3) is 0 Å². The fourth-order valence-electron chi connectivity index (χ4n) is 2.04. The van der Waals surface area contributed by atoms with Crippen LogP contribution in [0.4, 0.5) is 0 Å². The summed E-state index contributed by atoms with van der Waals surface area (Å²) in [5.74, 6) is 0.313. The topological polar surface area (TPSA) is 18.5 Å². The summed E-state index contributed by atoms with van der Waals surface area (Å²) >= 11 is 49.5. The van der Waals surface area contributed by atoms with Crippen molar-refractivity contribution in [3.63, 3.8) is 0 Å². The normalized spacial score (nSPS) is 10.9. The van der Waals surface area contributed by atoms with Gasteiger partial charge in [0.2, 0.25) is 0 Å². The van der Waals surface area contributed by atoms with Gasteiger partial charge in [0.05, 0.1) is 54.9 Å². The van der Waals surface area contributed by atoms with E-state index in [9.17, 15) is 0 Å². The molecule has 130 valence electrons. The molecule has 0 spiro atoms. The lowest BCUT2D eigenvalue weighted by Crippen LogP contribution is -1.98. The van der Waals surface area contributed by atoms with Gasteiger partial charge in [-0.15, -0.1) is 0 Å². The number of rotatable bonds is 3. The van der Waals surface area contributed by atoms with Gasteiger partial charge in [0.15, 0.2) is 11.5 Å². The van der Waals surface area contributed by atoms with E-state index in [-0.39, 0.29) is 62.8 Å². The molecule has 2 aromatic rings. The van der Waals surface area contributed by atoms with E-state index in [1.54, 1.807) is 0 Å². The minimum Gasteiger partial charge on any atom is -0.492 e. The maximum absolute atomic E-state index is 6.35. The second kappa shape index (κ2) is 7.94. The zero-order valence-electron chi connectivity index (χ0n) is 11.8. The molecule has 0 amide bonds. The maximum atomic E-state index is 6.35. The van der Waals surface area contributed by atoms with Gasteiger partial charge < -0.3 is 9.47 Å². The SMILES string of the molecule is COc1c(Cl)c(Cl)c(Cl)c(-c2c(Cl)c(Cl)c(Cl)c(Cl)c2Cl)c1OC. The largest absolute Gasteiger partial charge is 0.492 e. The van der Waals surface area contributed by atoms with Gasteiger partial charge >= 0.3 is 0 Å². The molecule has 0 unspecified atom stereocenters. The van der Waals surface area contributed by atoms with Gasteiger partial charge in [-0.2, -0.15) is 0 Å². The van der Waals surface area contributed by atoms with Crippen molar-refractivity contribution in [2.24, 2.45) is 0 Å². The third kappa shape index (κ3) is 3.21. The average molecular weight is 490 g/mol. The predicted molar refractivity (Wildman–Crippen MR) is 105 cm³/mol. The molecule has 0 heterocycles. The Kier molecular flexibility index (Phi) is 6.84. The summed E-state index contributed by atoms with van der Waals surface area (Å²) in [5, 5.41) is 0.213. The van der Waals surface area contributed by atoms with Crippen LogP contribution in [0.2, 0.25) is 40.2 Å². The highest BCUT2D eigenvalue weighted by molar-refractivity contribution is 6.57. The van der Waals surface area contributed by atoms with Crippen LogP contribution in [0.3, 0.4) is 0 Å². The first-order valence-corrected chi connectivity index (χ1v) is 9.01. The predicted octanol–water partition coefficient (Wildman–Crippen LogP) is 8.60. The van der Waals surface area contributed by atoms with E-state index in [1.807, 2.05) is 0 Å². The number of hydrogen-bond acceptors (Lipinski definition) is 2. The minimum atomic E-state index is 0.00546. The molecule has 2 aromatic carbocycles. The Morgan fingerprint density at radius 3 is 1.17 bits per heavy atom. The molecular formula is C14H6Cl8O2. The van der Waals surface area contributed by atoms with Crippen LogP contribution in [0.1, 0.15) is 0 Å². The summed E-state index contributed by atoms with van der Waals surface area (Å²) in [6.45, 7) is 0. The zero-order valence-corrected chi connectivity index (χ0v) is 17.9. The number of halogens is 8. The third-order valence-electron chi connectivity index (χ3n) is 3.11. The second-order valence-corrected chi connectivity index (χ2v) is 7.35. The molecule has 0 N–H and O–H groups in total. The van der Waals surface area contributed by atoms with Crippen molar-refractivity contribution in [2.75, 3.05) is 14.2 Å². The summed E-state index contributed by atoms with van der Waals surface area (Å²) < 4.78 is 10.6. The van der Waals surface area contributed by atoms with Crippen LogP contribution in [-0.4, -0.2) is 14.2 Å². The first kappa shape index (κ1) is 20.7. The van der Waals surface area contributed by atoms with E-state index in [2.05, 4.69) is 0 Å². The van der Waals surface area contributed by atoms with Crippen LogP contribution < -0.4 is 9.47 Å². The number of benzene rings is 2. The molecule has 10 heteroatoms. The zero-order chi connectivity index (χ0) is 18.3. The molecule has 2 nitrogen and oxygen atoms in total. The molecule has 0 saturated heterocycles. The smallest absolute Gasteiger partial charge is 0.181 e. The molecule has 0 radical (unpaired) electrons. The van der Waals surface area contributed by atoms with Gasteiger partial charge in [-0.25, -0.2) is 0 Å². The fraction of sp³-hybridized carbons (Fsp3) is 0.143. The van der Waals surface area contributed by atoms with E-state index in [0.29, 0.717) is 0 Å². The van der Waals surface area contributed by atoms with E-state index in [4.69, 9.17) is 102 Å². The average Bonchev–Trinajstić information content (AvgIpc) is 2.57. The molecule has 0 aliphatic heterocycles. The van der Waals surface area contributed by atoms with Crippen LogP contribution >= 0.6 is 92.8 Å². The third-order valence-corrected chi connectivity index (χ3v) is 6.69. The quantitative estimate of drug-likeness (QED) is 0.317. The molecule has 0 aliphatic carbocycles. The van der Waals surface area contributed by atoms with Crippen molar-refractivity contribution in [3.05, 3.63) is 40.2 Å². The van der Waals surface area contributed by atoms with Gasteiger partial charge in [0, 0.05) is 5.56 Å². The summed E-state index contributed by atoms with van der Waals surface area (Å²) in [7, 11) is 2.78. The Labute approximate surface area is 178 Å². The second-order valence-electron chi connectivity index (χ2n) is 4.33. The Balaban J connectivity index is 3.07. The summed E-state index contributed by atoms with van der Waals surface area (Å²) in [6.07, 6.45) is 0. The van der Waals surface area contributed by atoms with Crippen molar-refractivity contribution in [2.45, 2.75) is 0 Å². The highest BCUT2D eigenvalue weighted by atomic mass is 35.5. The van der Waals surface area contributed by atoms with Crippen molar-refractivity contribution in [3.8, 4) is 22.6 Å². The number of methoxy groups -OCH3 is 2. The summed E-state index contributed by atoms with van der Waals surface area (Å²) in [5.41, 5.74) is 0.414. The van der Waals surface area contributed by atoms with Crippen molar-refractivity contribution in [1.29, 1.82) is 0 Å². The molecule has 0 bridgehead atoms. The van der Waals surface area contributed by atoms with E-state index in [0.717, 1.165) is 0 Å². The molecule has 0 atom stereocenters.